The second kappa shape index (κ2) is 4.74. The average Bonchev–Trinajstić information content (AvgIpc) is 2.69. The molecule has 4 N–H and O–H groups in total. The van der Waals surface area contributed by atoms with Crippen molar-refractivity contribution < 1.29 is 9.59 Å². The Hall–Kier alpha value is -1.34. The minimum absolute atomic E-state index is 0.0265. The van der Waals surface area contributed by atoms with E-state index in [0.29, 0.717) is 13.1 Å². The average molecular weight is 255 g/mol. The summed E-state index contributed by atoms with van der Waals surface area (Å²) in [5, 5.41) is 2.84. The van der Waals surface area contributed by atoms with Gasteiger partial charge in [-0.15, -0.1) is 0 Å². The van der Waals surface area contributed by atoms with Gasteiger partial charge in [-0.25, -0.2) is 10.6 Å². The van der Waals surface area contributed by atoms with Crippen molar-refractivity contribution in [2.45, 2.75) is 19.9 Å². The Kier molecular flexibility index (Phi) is 3.45. The first kappa shape index (κ1) is 13.1. The first-order valence-electron chi connectivity index (χ1n) is 6.22. The van der Waals surface area contributed by atoms with E-state index < -0.39 is 5.41 Å². The molecule has 0 spiro atoms. The number of amides is 3. The lowest BCUT2D eigenvalue weighted by molar-refractivity contribution is -0.130. The fourth-order valence-corrected chi connectivity index (χ4v) is 2.64. The Bertz CT molecular complexity index is 357. The van der Waals surface area contributed by atoms with Crippen LogP contribution in [0.3, 0.4) is 0 Å². The van der Waals surface area contributed by atoms with E-state index in [1.165, 1.54) is 0 Å². The highest BCUT2D eigenvalue weighted by molar-refractivity contribution is 5.81. The topological polar surface area (TPSA) is 90.7 Å². The Morgan fingerprint density at radius 2 is 2.28 bits per heavy atom. The standard InChI is InChI=1S/C11H21N5O2/c1-11(2,9(17)14-12)7-15-3-4-16-8(6-15)5-13-10(16)18/h8H,3-7,12H2,1-2H3,(H,13,18)(H,14,17). The smallest absolute Gasteiger partial charge is 0.317 e. The van der Waals surface area contributed by atoms with Crippen molar-refractivity contribution in [3.05, 3.63) is 0 Å². The van der Waals surface area contributed by atoms with Crippen molar-refractivity contribution in [3.63, 3.8) is 0 Å². The highest BCUT2D eigenvalue weighted by atomic mass is 16.2. The Morgan fingerprint density at radius 3 is 2.94 bits per heavy atom. The summed E-state index contributed by atoms with van der Waals surface area (Å²) < 4.78 is 0. The van der Waals surface area contributed by atoms with Crippen LogP contribution < -0.4 is 16.6 Å². The zero-order valence-corrected chi connectivity index (χ0v) is 10.9. The SMILES string of the molecule is CC(C)(CN1CCN2C(=O)NCC2C1)C(=O)NN. The van der Waals surface area contributed by atoms with Gasteiger partial charge in [0, 0.05) is 32.7 Å². The molecule has 0 radical (unpaired) electrons. The van der Waals surface area contributed by atoms with Gasteiger partial charge in [-0.3, -0.25) is 15.1 Å². The summed E-state index contributed by atoms with van der Waals surface area (Å²) in [5.41, 5.74) is 1.68. The lowest BCUT2D eigenvalue weighted by atomic mass is 9.91. The molecule has 3 amide bonds. The number of fused-ring (bicyclic) bond motifs is 1. The van der Waals surface area contributed by atoms with Gasteiger partial charge in [0.2, 0.25) is 5.91 Å². The summed E-state index contributed by atoms with van der Waals surface area (Å²) in [6, 6.07) is 0.251. The van der Waals surface area contributed by atoms with E-state index in [9.17, 15) is 9.59 Å². The van der Waals surface area contributed by atoms with Gasteiger partial charge in [-0.2, -0.15) is 0 Å². The first-order chi connectivity index (χ1) is 8.44. The summed E-state index contributed by atoms with van der Waals surface area (Å²) in [7, 11) is 0. The maximum Gasteiger partial charge on any atom is 0.317 e. The molecule has 102 valence electrons. The van der Waals surface area contributed by atoms with Gasteiger partial charge in [0.25, 0.3) is 0 Å². The molecule has 0 saturated carbocycles. The van der Waals surface area contributed by atoms with Gasteiger partial charge in [0.1, 0.15) is 0 Å². The largest absolute Gasteiger partial charge is 0.336 e. The molecule has 0 aromatic carbocycles. The minimum Gasteiger partial charge on any atom is -0.336 e. The van der Waals surface area contributed by atoms with Crippen LogP contribution in [-0.4, -0.2) is 60.5 Å². The number of nitrogens with two attached hydrogens (primary N) is 1. The number of carbonyl (C=O) groups is 2. The maximum absolute atomic E-state index is 11.6. The molecule has 0 aliphatic carbocycles. The van der Waals surface area contributed by atoms with E-state index in [4.69, 9.17) is 5.84 Å². The maximum atomic E-state index is 11.6. The summed E-state index contributed by atoms with van der Waals surface area (Å²) >= 11 is 0. The third-order valence-electron chi connectivity index (χ3n) is 3.68. The number of urea groups is 1. The van der Waals surface area contributed by atoms with Crippen LogP contribution in [0.15, 0.2) is 0 Å². The van der Waals surface area contributed by atoms with Crippen molar-refractivity contribution in [2.24, 2.45) is 11.3 Å². The molecule has 1 atom stereocenters. The Labute approximate surface area is 107 Å². The normalized spacial score (nSPS) is 24.7. The van der Waals surface area contributed by atoms with Gasteiger partial charge in [-0.1, -0.05) is 0 Å². The number of piperazine rings is 1. The number of hydrazine groups is 1. The molecular formula is C11H21N5O2. The van der Waals surface area contributed by atoms with E-state index in [1.54, 1.807) is 0 Å². The van der Waals surface area contributed by atoms with Gasteiger partial charge < -0.3 is 10.2 Å². The number of hydrogen-bond donors (Lipinski definition) is 3. The predicted molar refractivity (Wildman–Crippen MR) is 66.4 cm³/mol. The molecule has 2 aliphatic heterocycles. The van der Waals surface area contributed by atoms with Crippen LogP contribution in [0.4, 0.5) is 4.79 Å². The summed E-state index contributed by atoms with van der Waals surface area (Å²) in [5.74, 6) is 5.02. The van der Waals surface area contributed by atoms with E-state index in [1.807, 2.05) is 18.7 Å². The van der Waals surface area contributed by atoms with Gasteiger partial charge in [0.05, 0.1) is 11.5 Å². The molecule has 0 aromatic rings. The molecule has 7 heteroatoms. The number of nitrogens with one attached hydrogen (secondary N) is 2. The highest BCUT2D eigenvalue weighted by Gasteiger charge is 2.38. The molecule has 0 bridgehead atoms. The molecule has 2 rings (SSSR count). The lowest BCUT2D eigenvalue weighted by Crippen LogP contribution is -2.56. The Balaban J connectivity index is 1.93. The molecule has 1 unspecified atom stereocenters. The minimum atomic E-state index is -0.521. The van der Waals surface area contributed by atoms with E-state index in [2.05, 4.69) is 15.6 Å². The zero-order valence-electron chi connectivity index (χ0n) is 10.9. The number of nitrogens with zero attached hydrogens (tertiary/aromatic N) is 2. The molecule has 2 saturated heterocycles. The van der Waals surface area contributed by atoms with E-state index in [0.717, 1.165) is 19.6 Å². The van der Waals surface area contributed by atoms with Crippen molar-refractivity contribution in [3.8, 4) is 0 Å². The Morgan fingerprint density at radius 1 is 1.56 bits per heavy atom. The lowest BCUT2D eigenvalue weighted by Gasteiger charge is -2.39. The number of hydrogen-bond acceptors (Lipinski definition) is 4. The van der Waals surface area contributed by atoms with Crippen LogP contribution in [-0.2, 0) is 4.79 Å². The van der Waals surface area contributed by atoms with Crippen LogP contribution in [0.2, 0.25) is 0 Å². The van der Waals surface area contributed by atoms with Crippen molar-refractivity contribution >= 4 is 11.9 Å². The molecule has 2 fully saturated rings. The van der Waals surface area contributed by atoms with E-state index in [-0.39, 0.29) is 18.0 Å². The third-order valence-corrected chi connectivity index (χ3v) is 3.68. The van der Waals surface area contributed by atoms with Crippen molar-refractivity contribution in [1.82, 2.24) is 20.5 Å². The molecule has 0 aromatic heterocycles. The molecular weight excluding hydrogens is 234 g/mol. The van der Waals surface area contributed by atoms with Crippen LogP contribution >= 0.6 is 0 Å². The van der Waals surface area contributed by atoms with Crippen LogP contribution in [0, 0.1) is 5.41 Å². The molecule has 18 heavy (non-hydrogen) atoms. The fraction of sp³-hybridized carbons (Fsp3) is 0.818. The van der Waals surface area contributed by atoms with Crippen molar-refractivity contribution in [2.75, 3.05) is 32.7 Å². The van der Waals surface area contributed by atoms with Crippen molar-refractivity contribution in [1.29, 1.82) is 0 Å². The summed E-state index contributed by atoms with van der Waals surface area (Å²) in [6.45, 7) is 7.41. The van der Waals surface area contributed by atoms with Crippen LogP contribution in [0.25, 0.3) is 0 Å². The molecule has 7 nitrogen and oxygen atoms in total. The second-order valence-corrected chi connectivity index (χ2v) is 5.63. The third kappa shape index (κ3) is 2.41. The van der Waals surface area contributed by atoms with E-state index >= 15 is 0 Å². The second-order valence-electron chi connectivity index (χ2n) is 5.63. The van der Waals surface area contributed by atoms with Gasteiger partial charge in [-0.05, 0) is 13.8 Å². The number of carbonyl (C=O) groups excluding carboxylic acids is 2. The van der Waals surface area contributed by atoms with Crippen LogP contribution in [0.1, 0.15) is 13.8 Å². The summed E-state index contributed by atoms with van der Waals surface area (Å²) in [4.78, 5) is 27.2. The first-order valence-corrected chi connectivity index (χ1v) is 6.22. The predicted octanol–water partition coefficient (Wildman–Crippen LogP) is -1.29. The molecule has 2 heterocycles. The molecule has 2 aliphatic rings. The van der Waals surface area contributed by atoms with Gasteiger partial charge in [0.15, 0.2) is 0 Å². The zero-order chi connectivity index (χ0) is 13.3. The quantitative estimate of drug-likeness (QED) is 0.332. The highest BCUT2D eigenvalue weighted by Crippen LogP contribution is 2.21. The number of rotatable bonds is 3. The summed E-state index contributed by atoms with van der Waals surface area (Å²) in [6.07, 6.45) is 0. The van der Waals surface area contributed by atoms with Gasteiger partial charge >= 0.3 is 6.03 Å². The van der Waals surface area contributed by atoms with Crippen LogP contribution in [0.5, 0.6) is 0 Å². The monoisotopic (exact) mass is 255 g/mol. The fourth-order valence-electron chi connectivity index (χ4n) is 2.64.